The van der Waals surface area contributed by atoms with Crippen molar-refractivity contribution < 1.29 is 28.6 Å². The van der Waals surface area contributed by atoms with Crippen LogP contribution in [0.25, 0.3) is 6.08 Å². The van der Waals surface area contributed by atoms with Crippen molar-refractivity contribution in [1.82, 2.24) is 5.32 Å². The predicted octanol–water partition coefficient (Wildman–Crippen LogP) is 6.55. The van der Waals surface area contributed by atoms with Gasteiger partial charge in [-0.1, -0.05) is 36.4 Å². The molecule has 3 amide bonds. The van der Waals surface area contributed by atoms with E-state index in [4.69, 9.17) is 14.2 Å². The Balaban J connectivity index is 1.52. The van der Waals surface area contributed by atoms with Gasteiger partial charge >= 0.3 is 0 Å². The zero-order valence-corrected chi connectivity index (χ0v) is 26.5. The van der Waals surface area contributed by atoms with Gasteiger partial charge in [-0.3, -0.25) is 14.4 Å². The maximum atomic E-state index is 13.5. The summed E-state index contributed by atoms with van der Waals surface area (Å²) in [6.45, 7) is 3.78. The lowest BCUT2D eigenvalue weighted by molar-refractivity contribution is -0.115. The number of carbonyl (C=O) groups excluding carboxylic acids is 3. The second-order valence-corrected chi connectivity index (χ2v) is 11.3. The van der Waals surface area contributed by atoms with E-state index < -0.39 is 11.8 Å². The van der Waals surface area contributed by atoms with Crippen LogP contribution in [-0.2, 0) is 9.59 Å². The Hall–Kier alpha value is -5.22. The van der Waals surface area contributed by atoms with Gasteiger partial charge in [-0.05, 0) is 85.6 Å². The fraction of sp³-hybridized carbons (Fsp3) is 0.171. The van der Waals surface area contributed by atoms with Crippen LogP contribution in [0.2, 0.25) is 0 Å². The van der Waals surface area contributed by atoms with Crippen LogP contribution in [0.15, 0.2) is 102 Å². The molecule has 0 aromatic heterocycles. The average Bonchev–Trinajstić information content (AvgIpc) is 3.06. The van der Waals surface area contributed by atoms with E-state index in [9.17, 15) is 14.4 Å². The summed E-state index contributed by atoms with van der Waals surface area (Å²) in [6.07, 6.45) is 1.53. The molecule has 45 heavy (non-hydrogen) atoms. The molecule has 0 bridgehead atoms. The first kappa shape index (κ1) is 32.7. The minimum absolute atomic E-state index is 0.00178. The van der Waals surface area contributed by atoms with Gasteiger partial charge in [-0.25, -0.2) is 0 Å². The van der Waals surface area contributed by atoms with Crippen LogP contribution in [0.5, 0.6) is 17.2 Å². The van der Waals surface area contributed by atoms with Crippen LogP contribution >= 0.6 is 11.8 Å². The third kappa shape index (κ3) is 8.67. The van der Waals surface area contributed by atoms with E-state index in [1.807, 2.05) is 50.2 Å². The zero-order valence-electron chi connectivity index (χ0n) is 25.7. The lowest BCUT2D eigenvalue weighted by atomic mass is 10.1. The highest BCUT2D eigenvalue weighted by molar-refractivity contribution is 8.00. The van der Waals surface area contributed by atoms with Gasteiger partial charge in [0.1, 0.15) is 5.70 Å². The Labute approximate surface area is 267 Å². The second kappa shape index (κ2) is 15.5. The van der Waals surface area contributed by atoms with Crippen LogP contribution in [0, 0.1) is 6.92 Å². The highest BCUT2D eigenvalue weighted by atomic mass is 32.2. The number of benzene rings is 4. The zero-order chi connectivity index (χ0) is 32.3. The lowest BCUT2D eigenvalue weighted by Gasteiger charge is -2.15. The standard InChI is InChI=1S/C35H35N3O6S/c1-22-11-9-10-14-28(22)37-33(39)23(2)45-27-17-15-26(16-18-27)36-35(41)29(38-34(40)25-12-7-6-8-13-25)19-24-20-30(42-3)32(44-5)31(21-24)43-4/h6-21,23H,1-5H3,(H,36,41)(H,37,39)(H,38,40)/b29-19-. The van der Waals surface area contributed by atoms with Crippen molar-refractivity contribution in [3.8, 4) is 17.2 Å². The number of thioether (sulfide) groups is 1. The Morgan fingerprint density at radius 2 is 1.40 bits per heavy atom. The number of ether oxygens (including phenoxy) is 3. The summed E-state index contributed by atoms with van der Waals surface area (Å²) in [4.78, 5) is 40.2. The van der Waals surface area contributed by atoms with Crippen LogP contribution in [0.1, 0.15) is 28.4 Å². The lowest BCUT2D eigenvalue weighted by Crippen LogP contribution is -2.30. The van der Waals surface area contributed by atoms with Gasteiger partial charge in [0.25, 0.3) is 11.8 Å². The first-order chi connectivity index (χ1) is 21.7. The first-order valence-corrected chi connectivity index (χ1v) is 14.9. The van der Waals surface area contributed by atoms with Gasteiger partial charge in [0, 0.05) is 21.8 Å². The molecular formula is C35H35N3O6S. The molecule has 0 aliphatic heterocycles. The van der Waals surface area contributed by atoms with E-state index in [0.717, 1.165) is 16.1 Å². The number of aryl methyl sites for hydroxylation is 1. The fourth-order valence-electron chi connectivity index (χ4n) is 4.31. The Kier molecular flexibility index (Phi) is 11.3. The van der Waals surface area contributed by atoms with Crippen molar-refractivity contribution in [2.75, 3.05) is 32.0 Å². The number of rotatable bonds is 12. The molecule has 0 aliphatic rings. The molecule has 4 aromatic carbocycles. The number of amides is 3. The molecule has 0 fully saturated rings. The van der Waals surface area contributed by atoms with E-state index in [-0.39, 0.29) is 16.9 Å². The number of carbonyl (C=O) groups is 3. The van der Waals surface area contributed by atoms with Gasteiger partial charge in [-0.2, -0.15) is 0 Å². The molecule has 0 aliphatic carbocycles. The molecule has 0 heterocycles. The molecule has 1 atom stereocenters. The minimum atomic E-state index is -0.542. The molecule has 0 radical (unpaired) electrons. The molecule has 4 aromatic rings. The summed E-state index contributed by atoms with van der Waals surface area (Å²) in [5.41, 5.74) is 3.20. The predicted molar refractivity (Wildman–Crippen MR) is 178 cm³/mol. The van der Waals surface area contributed by atoms with Crippen molar-refractivity contribution in [3.63, 3.8) is 0 Å². The SMILES string of the molecule is COc1cc(/C=C(\NC(=O)c2ccccc2)C(=O)Nc2ccc(SC(C)C(=O)Nc3ccccc3C)cc2)cc(OC)c1OC. The van der Waals surface area contributed by atoms with Crippen LogP contribution in [-0.4, -0.2) is 44.3 Å². The number of methoxy groups -OCH3 is 3. The van der Waals surface area contributed by atoms with E-state index >= 15 is 0 Å². The quantitative estimate of drug-likeness (QED) is 0.121. The van der Waals surface area contributed by atoms with Gasteiger partial charge in [0.2, 0.25) is 11.7 Å². The number of nitrogens with one attached hydrogen (secondary N) is 3. The fourth-order valence-corrected chi connectivity index (χ4v) is 5.18. The van der Waals surface area contributed by atoms with Crippen molar-refractivity contribution in [3.05, 3.63) is 113 Å². The summed E-state index contributed by atoms with van der Waals surface area (Å²) < 4.78 is 16.3. The van der Waals surface area contributed by atoms with Crippen molar-refractivity contribution in [2.45, 2.75) is 24.0 Å². The summed E-state index contributed by atoms with van der Waals surface area (Å²) in [6, 6.07) is 26.7. The topological polar surface area (TPSA) is 115 Å². The van der Waals surface area contributed by atoms with Gasteiger partial charge in [0.05, 0.1) is 26.6 Å². The van der Waals surface area contributed by atoms with Crippen molar-refractivity contribution in [1.29, 1.82) is 0 Å². The van der Waals surface area contributed by atoms with Gasteiger partial charge in [0.15, 0.2) is 11.5 Å². The third-order valence-corrected chi connectivity index (χ3v) is 7.84. The van der Waals surface area contributed by atoms with Crippen molar-refractivity contribution >= 4 is 46.9 Å². The molecule has 0 saturated carbocycles. The molecule has 1 unspecified atom stereocenters. The maximum absolute atomic E-state index is 13.5. The van der Waals surface area contributed by atoms with Crippen LogP contribution in [0.4, 0.5) is 11.4 Å². The number of hydrogen-bond donors (Lipinski definition) is 3. The van der Waals surface area contributed by atoms with Crippen LogP contribution < -0.4 is 30.2 Å². The summed E-state index contributed by atoms with van der Waals surface area (Å²) in [7, 11) is 4.49. The van der Waals surface area contributed by atoms with E-state index in [2.05, 4.69) is 16.0 Å². The van der Waals surface area contributed by atoms with E-state index in [0.29, 0.717) is 34.1 Å². The maximum Gasteiger partial charge on any atom is 0.272 e. The van der Waals surface area contributed by atoms with Crippen molar-refractivity contribution in [2.24, 2.45) is 0 Å². The average molecular weight is 626 g/mol. The summed E-state index contributed by atoms with van der Waals surface area (Å²) in [5.74, 6) is 0.0895. The minimum Gasteiger partial charge on any atom is -0.493 e. The number of para-hydroxylation sites is 1. The summed E-state index contributed by atoms with van der Waals surface area (Å²) >= 11 is 1.40. The Morgan fingerprint density at radius 3 is 2.00 bits per heavy atom. The second-order valence-electron chi connectivity index (χ2n) is 9.88. The number of anilines is 2. The molecule has 4 rings (SSSR count). The Bertz CT molecular complexity index is 1660. The molecule has 0 saturated heterocycles. The van der Waals surface area contributed by atoms with E-state index in [1.54, 1.807) is 54.6 Å². The van der Waals surface area contributed by atoms with Crippen LogP contribution in [0.3, 0.4) is 0 Å². The largest absolute Gasteiger partial charge is 0.493 e. The smallest absolute Gasteiger partial charge is 0.272 e. The molecule has 232 valence electrons. The molecule has 3 N–H and O–H groups in total. The Morgan fingerprint density at radius 1 is 0.778 bits per heavy atom. The monoisotopic (exact) mass is 625 g/mol. The van der Waals surface area contributed by atoms with E-state index in [1.165, 1.54) is 39.2 Å². The third-order valence-electron chi connectivity index (χ3n) is 6.72. The molecular weight excluding hydrogens is 590 g/mol. The highest BCUT2D eigenvalue weighted by Crippen LogP contribution is 2.38. The number of hydrogen-bond acceptors (Lipinski definition) is 7. The normalized spacial score (nSPS) is 11.6. The van der Waals surface area contributed by atoms with Gasteiger partial charge in [-0.15, -0.1) is 11.8 Å². The molecule has 9 nitrogen and oxygen atoms in total. The van der Waals surface area contributed by atoms with Gasteiger partial charge < -0.3 is 30.2 Å². The highest BCUT2D eigenvalue weighted by Gasteiger charge is 2.19. The summed E-state index contributed by atoms with van der Waals surface area (Å²) in [5, 5.41) is 8.18. The first-order valence-electron chi connectivity index (χ1n) is 14.0. The molecule has 10 heteroatoms. The molecule has 0 spiro atoms.